The summed E-state index contributed by atoms with van der Waals surface area (Å²) in [5, 5.41) is 0. The van der Waals surface area contributed by atoms with E-state index < -0.39 is 5.91 Å². The summed E-state index contributed by atoms with van der Waals surface area (Å²) in [5.74, 6) is 0.196. The number of ether oxygens (including phenoxy) is 1. The van der Waals surface area contributed by atoms with Crippen LogP contribution in [0.5, 0.6) is 5.75 Å². The molecule has 120 valence electrons. The van der Waals surface area contributed by atoms with E-state index in [-0.39, 0.29) is 0 Å². The predicted molar refractivity (Wildman–Crippen MR) is 96.0 cm³/mol. The van der Waals surface area contributed by atoms with Crippen LogP contribution in [0.4, 0.5) is 0 Å². The summed E-state index contributed by atoms with van der Waals surface area (Å²) in [6, 6.07) is 25.4. The second-order valence-electron chi connectivity index (χ2n) is 5.56. The van der Waals surface area contributed by atoms with Crippen molar-refractivity contribution >= 4 is 5.91 Å². The van der Waals surface area contributed by atoms with Gasteiger partial charge in [0.15, 0.2) is 0 Å². The molecule has 0 aliphatic heterocycles. The van der Waals surface area contributed by atoms with Crippen LogP contribution in [0.2, 0.25) is 0 Å². The number of hydrogen-bond donors (Lipinski definition) is 1. The van der Waals surface area contributed by atoms with Gasteiger partial charge in [0.1, 0.15) is 5.75 Å². The topological polar surface area (TPSA) is 52.3 Å². The van der Waals surface area contributed by atoms with Crippen molar-refractivity contribution in [3.05, 3.63) is 90.0 Å². The molecule has 0 spiro atoms. The molecule has 3 rings (SSSR count). The van der Waals surface area contributed by atoms with Crippen LogP contribution in [0, 0.1) is 0 Å². The molecule has 3 aromatic rings. The fourth-order valence-corrected chi connectivity index (χ4v) is 2.55. The average Bonchev–Trinajstić information content (AvgIpc) is 2.63. The van der Waals surface area contributed by atoms with Crippen molar-refractivity contribution in [2.24, 2.45) is 5.73 Å². The zero-order valence-corrected chi connectivity index (χ0v) is 13.3. The molecule has 0 aliphatic carbocycles. The van der Waals surface area contributed by atoms with E-state index in [0.29, 0.717) is 17.9 Å². The van der Waals surface area contributed by atoms with Crippen molar-refractivity contribution in [3.63, 3.8) is 0 Å². The lowest BCUT2D eigenvalue weighted by Crippen LogP contribution is -2.11. The molecular weight excluding hydrogens is 298 g/mol. The first-order valence-electron chi connectivity index (χ1n) is 7.89. The van der Waals surface area contributed by atoms with E-state index in [1.165, 1.54) is 5.56 Å². The maximum Gasteiger partial charge on any atom is 0.248 e. The highest BCUT2D eigenvalue weighted by molar-refractivity contribution is 5.94. The van der Waals surface area contributed by atoms with E-state index in [0.717, 1.165) is 17.5 Å². The summed E-state index contributed by atoms with van der Waals surface area (Å²) in [7, 11) is 0. The van der Waals surface area contributed by atoms with Crippen LogP contribution in [0.15, 0.2) is 78.9 Å². The molecule has 3 aromatic carbocycles. The molecule has 0 heterocycles. The summed E-state index contributed by atoms with van der Waals surface area (Å²) in [6.07, 6.45) is 0.808. The Kier molecular flexibility index (Phi) is 4.92. The maximum absolute atomic E-state index is 11.6. The van der Waals surface area contributed by atoms with E-state index in [4.69, 9.17) is 10.5 Å². The third kappa shape index (κ3) is 4.02. The monoisotopic (exact) mass is 317 g/mol. The van der Waals surface area contributed by atoms with Crippen molar-refractivity contribution < 1.29 is 9.53 Å². The van der Waals surface area contributed by atoms with E-state index in [1.807, 2.05) is 54.6 Å². The number of hydrogen-bond acceptors (Lipinski definition) is 2. The average molecular weight is 317 g/mol. The molecule has 1 amide bonds. The maximum atomic E-state index is 11.6. The van der Waals surface area contributed by atoms with Crippen LogP contribution in [0.3, 0.4) is 0 Å². The molecular formula is C21H19NO2. The minimum atomic E-state index is -0.458. The SMILES string of the molecule is NC(=O)c1cc(OCCc2ccccc2)cc(-c2ccccc2)c1. The van der Waals surface area contributed by atoms with Gasteiger partial charge in [0.05, 0.1) is 6.61 Å². The van der Waals surface area contributed by atoms with Crippen molar-refractivity contribution in [2.75, 3.05) is 6.61 Å². The summed E-state index contributed by atoms with van der Waals surface area (Å²) >= 11 is 0. The first-order valence-corrected chi connectivity index (χ1v) is 7.89. The second kappa shape index (κ2) is 7.47. The third-order valence-electron chi connectivity index (χ3n) is 3.80. The second-order valence-corrected chi connectivity index (χ2v) is 5.56. The summed E-state index contributed by atoms with van der Waals surface area (Å²) in [6.45, 7) is 0.542. The molecule has 3 nitrogen and oxygen atoms in total. The Hall–Kier alpha value is -3.07. The Labute approximate surface area is 141 Å². The zero-order chi connectivity index (χ0) is 16.8. The smallest absolute Gasteiger partial charge is 0.248 e. The third-order valence-corrected chi connectivity index (χ3v) is 3.80. The van der Waals surface area contributed by atoms with Gasteiger partial charge in [0, 0.05) is 12.0 Å². The first kappa shape index (κ1) is 15.8. The zero-order valence-electron chi connectivity index (χ0n) is 13.3. The Bertz CT molecular complexity index is 814. The van der Waals surface area contributed by atoms with Gasteiger partial charge in [-0.15, -0.1) is 0 Å². The molecule has 0 saturated heterocycles. The van der Waals surface area contributed by atoms with Crippen LogP contribution in [0.1, 0.15) is 15.9 Å². The number of benzene rings is 3. The van der Waals surface area contributed by atoms with Gasteiger partial charge in [-0.05, 0) is 34.9 Å². The lowest BCUT2D eigenvalue weighted by Gasteiger charge is -2.10. The Morgan fingerprint density at radius 1 is 0.833 bits per heavy atom. The van der Waals surface area contributed by atoms with E-state index in [2.05, 4.69) is 12.1 Å². The quantitative estimate of drug-likeness (QED) is 0.745. The highest BCUT2D eigenvalue weighted by Gasteiger charge is 2.08. The molecule has 0 bridgehead atoms. The minimum Gasteiger partial charge on any atom is -0.493 e. The van der Waals surface area contributed by atoms with E-state index in [9.17, 15) is 4.79 Å². The Morgan fingerprint density at radius 3 is 2.17 bits per heavy atom. The van der Waals surface area contributed by atoms with Gasteiger partial charge in [0.25, 0.3) is 0 Å². The highest BCUT2D eigenvalue weighted by Crippen LogP contribution is 2.26. The number of rotatable bonds is 6. The lowest BCUT2D eigenvalue weighted by atomic mass is 10.0. The van der Waals surface area contributed by atoms with Gasteiger partial charge in [-0.3, -0.25) is 4.79 Å². The molecule has 0 atom stereocenters. The van der Waals surface area contributed by atoms with Gasteiger partial charge >= 0.3 is 0 Å². The predicted octanol–water partition coefficient (Wildman–Crippen LogP) is 4.07. The Balaban J connectivity index is 1.79. The number of nitrogens with two attached hydrogens (primary N) is 1. The van der Waals surface area contributed by atoms with Gasteiger partial charge in [-0.1, -0.05) is 60.7 Å². The fraction of sp³-hybridized carbons (Fsp3) is 0.0952. The number of primary amides is 1. The molecule has 0 aromatic heterocycles. The van der Waals surface area contributed by atoms with Crippen LogP contribution in [-0.4, -0.2) is 12.5 Å². The summed E-state index contributed by atoms with van der Waals surface area (Å²) in [4.78, 5) is 11.6. The summed E-state index contributed by atoms with van der Waals surface area (Å²) in [5.41, 5.74) is 9.06. The molecule has 0 fully saturated rings. The van der Waals surface area contributed by atoms with Crippen molar-refractivity contribution in [2.45, 2.75) is 6.42 Å². The molecule has 2 N–H and O–H groups in total. The molecule has 0 saturated carbocycles. The number of amides is 1. The number of carbonyl (C=O) groups is 1. The summed E-state index contributed by atoms with van der Waals surface area (Å²) < 4.78 is 5.86. The molecule has 0 unspecified atom stereocenters. The van der Waals surface area contributed by atoms with Crippen molar-refractivity contribution in [1.82, 2.24) is 0 Å². The van der Waals surface area contributed by atoms with Crippen LogP contribution in [-0.2, 0) is 6.42 Å². The van der Waals surface area contributed by atoms with Crippen LogP contribution < -0.4 is 10.5 Å². The minimum absolute atomic E-state index is 0.450. The number of carbonyl (C=O) groups excluding carboxylic acids is 1. The van der Waals surface area contributed by atoms with Crippen molar-refractivity contribution in [1.29, 1.82) is 0 Å². The largest absolute Gasteiger partial charge is 0.493 e. The fourth-order valence-electron chi connectivity index (χ4n) is 2.55. The van der Waals surface area contributed by atoms with Gasteiger partial charge in [0.2, 0.25) is 5.91 Å². The van der Waals surface area contributed by atoms with Gasteiger partial charge in [-0.25, -0.2) is 0 Å². The van der Waals surface area contributed by atoms with Gasteiger partial charge in [-0.2, -0.15) is 0 Å². The molecule has 0 aliphatic rings. The lowest BCUT2D eigenvalue weighted by molar-refractivity contribution is 0.1000. The van der Waals surface area contributed by atoms with E-state index in [1.54, 1.807) is 12.1 Å². The molecule has 3 heteroatoms. The van der Waals surface area contributed by atoms with Crippen LogP contribution in [0.25, 0.3) is 11.1 Å². The first-order chi connectivity index (χ1) is 11.7. The van der Waals surface area contributed by atoms with Crippen molar-refractivity contribution in [3.8, 4) is 16.9 Å². The highest BCUT2D eigenvalue weighted by atomic mass is 16.5. The molecule has 0 radical (unpaired) electrons. The van der Waals surface area contributed by atoms with Crippen LogP contribution >= 0.6 is 0 Å². The van der Waals surface area contributed by atoms with E-state index >= 15 is 0 Å². The standard InChI is InChI=1S/C21H19NO2/c22-21(23)19-13-18(17-9-5-2-6-10-17)14-20(15-19)24-12-11-16-7-3-1-4-8-16/h1-10,13-15H,11-12H2,(H2,22,23). The Morgan fingerprint density at radius 2 is 1.50 bits per heavy atom. The molecule has 24 heavy (non-hydrogen) atoms. The van der Waals surface area contributed by atoms with Gasteiger partial charge < -0.3 is 10.5 Å². The normalized spacial score (nSPS) is 10.3.